The van der Waals surface area contributed by atoms with Crippen LogP contribution in [-0.2, 0) is 19.6 Å². The van der Waals surface area contributed by atoms with Crippen LogP contribution in [0.25, 0.3) is 0 Å². The molecule has 0 saturated heterocycles. The number of carbonyl (C=O) groups is 2. The minimum Gasteiger partial charge on any atom is -0.462 e. The van der Waals surface area contributed by atoms with E-state index in [0.717, 1.165) is 28.8 Å². The van der Waals surface area contributed by atoms with Gasteiger partial charge in [-0.05, 0) is 43.7 Å². The van der Waals surface area contributed by atoms with Crippen molar-refractivity contribution in [3.63, 3.8) is 0 Å². The number of nitrogens with zero attached hydrogens (tertiary/aromatic N) is 1. The summed E-state index contributed by atoms with van der Waals surface area (Å²) >= 11 is 5.98. The Kier molecular flexibility index (Phi) is 8.35. The molecule has 168 valence electrons. The molecule has 2 aromatic rings. The van der Waals surface area contributed by atoms with Crippen molar-refractivity contribution in [2.24, 2.45) is 0 Å². The summed E-state index contributed by atoms with van der Waals surface area (Å²) in [4.78, 5) is 24.1. The van der Waals surface area contributed by atoms with Crippen molar-refractivity contribution in [2.75, 3.05) is 29.0 Å². The van der Waals surface area contributed by atoms with E-state index in [4.69, 9.17) is 16.3 Å². The summed E-state index contributed by atoms with van der Waals surface area (Å²) in [5, 5.41) is 2.77. The lowest BCUT2D eigenvalue weighted by molar-refractivity contribution is -0.116. The molecule has 1 N–H and O–H groups in total. The van der Waals surface area contributed by atoms with Crippen LogP contribution in [0.15, 0.2) is 36.4 Å². The van der Waals surface area contributed by atoms with Gasteiger partial charge in [0.05, 0.1) is 29.1 Å². The van der Waals surface area contributed by atoms with E-state index in [2.05, 4.69) is 5.32 Å². The molecular weight excluding hydrogens is 454 g/mol. The number of sulfonamides is 1. The Hall–Kier alpha value is -2.72. The number of hydrogen-bond donors (Lipinski definition) is 1. The first kappa shape index (κ1) is 24.5. The van der Waals surface area contributed by atoms with Crippen LogP contribution in [0.3, 0.4) is 0 Å². The number of halogens is 3. The number of carbonyl (C=O) groups excluding carboxylic acids is 2. The summed E-state index contributed by atoms with van der Waals surface area (Å²) in [6.45, 7) is 1.70. The van der Waals surface area contributed by atoms with E-state index in [1.807, 2.05) is 0 Å². The predicted molar refractivity (Wildman–Crippen MR) is 114 cm³/mol. The van der Waals surface area contributed by atoms with Crippen molar-refractivity contribution >= 4 is 44.9 Å². The van der Waals surface area contributed by atoms with Gasteiger partial charge in [0.2, 0.25) is 15.9 Å². The number of amides is 1. The van der Waals surface area contributed by atoms with Crippen LogP contribution in [0.1, 0.15) is 30.1 Å². The van der Waals surface area contributed by atoms with Crippen LogP contribution in [-0.4, -0.2) is 39.7 Å². The largest absolute Gasteiger partial charge is 0.462 e. The summed E-state index contributed by atoms with van der Waals surface area (Å²) in [6, 6.07) is 7.08. The molecule has 0 aromatic heterocycles. The number of anilines is 2. The molecule has 0 aliphatic rings. The van der Waals surface area contributed by atoms with E-state index in [9.17, 15) is 26.8 Å². The van der Waals surface area contributed by atoms with E-state index in [1.165, 1.54) is 18.2 Å². The van der Waals surface area contributed by atoms with E-state index >= 15 is 0 Å². The average Bonchev–Trinajstić information content (AvgIpc) is 2.68. The van der Waals surface area contributed by atoms with Gasteiger partial charge in [-0.1, -0.05) is 11.6 Å². The van der Waals surface area contributed by atoms with Crippen molar-refractivity contribution in [2.45, 2.75) is 19.8 Å². The highest BCUT2D eigenvalue weighted by Gasteiger charge is 2.19. The zero-order valence-corrected chi connectivity index (χ0v) is 18.4. The Labute approximate surface area is 184 Å². The molecule has 0 aliphatic carbocycles. The van der Waals surface area contributed by atoms with Gasteiger partial charge < -0.3 is 10.1 Å². The average molecular weight is 475 g/mol. The minimum atomic E-state index is -3.78. The highest BCUT2D eigenvalue weighted by Crippen LogP contribution is 2.23. The summed E-state index contributed by atoms with van der Waals surface area (Å²) < 4.78 is 56.5. The topological polar surface area (TPSA) is 92.8 Å². The van der Waals surface area contributed by atoms with Crippen molar-refractivity contribution < 1.29 is 31.5 Å². The van der Waals surface area contributed by atoms with Gasteiger partial charge in [-0.2, -0.15) is 0 Å². The predicted octanol–water partition coefficient (Wildman–Crippen LogP) is 3.98. The standard InChI is InChI=1S/C20H21ClF2N2O5S/c1-3-30-20(27)15-11-13(6-8-16(15)21)24-19(26)5-4-10-25(31(2,28)29)14-7-9-17(22)18(23)12-14/h6-9,11-12H,3-5,10H2,1-2H3,(H,24,26). The first-order valence-electron chi connectivity index (χ1n) is 9.22. The summed E-state index contributed by atoms with van der Waals surface area (Å²) in [5.41, 5.74) is 0.375. The molecule has 0 heterocycles. The second-order valence-corrected chi connectivity index (χ2v) is 8.81. The van der Waals surface area contributed by atoms with Gasteiger partial charge in [0.25, 0.3) is 0 Å². The third-order valence-corrected chi connectivity index (χ3v) is 5.63. The maximum atomic E-state index is 13.5. The number of nitrogens with one attached hydrogen (secondary N) is 1. The molecule has 0 radical (unpaired) electrons. The highest BCUT2D eigenvalue weighted by atomic mass is 35.5. The maximum Gasteiger partial charge on any atom is 0.339 e. The lowest BCUT2D eigenvalue weighted by Crippen LogP contribution is -2.31. The van der Waals surface area contributed by atoms with Crippen molar-refractivity contribution in [1.29, 1.82) is 0 Å². The normalized spacial score (nSPS) is 11.1. The Morgan fingerprint density at radius 1 is 1.13 bits per heavy atom. The van der Waals surface area contributed by atoms with E-state index < -0.39 is 33.5 Å². The first-order chi connectivity index (χ1) is 14.5. The van der Waals surface area contributed by atoms with Gasteiger partial charge in [0.15, 0.2) is 11.6 Å². The number of esters is 1. The van der Waals surface area contributed by atoms with Crippen molar-refractivity contribution in [3.05, 3.63) is 58.6 Å². The quantitative estimate of drug-likeness (QED) is 0.555. The molecule has 0 atom stereocenters. The molecule has 0 spiro atoms. The van der Waals surface area contributed by atoms with E-state index in [0.29, 0.717) is 5.69 Å². The molecule has 0 aliphatic heterocycles. The minimum absolute atomic E-state index is 0.0430. The molecule has 2 aromatic carbocycles. The molecule has 0 bridgehead atoms. The fourth-order valence-electron chi connectivity index (χ4n) is 2.70. The Morgan fingerprint density at radius 3 is 2.45 bits per heavy atom. The van der Waals surface area contributed by atoms with Crippen LogP contribution in [0, 0.1) is 11.6 Å². The molecule has 31 heavy (non-hydrogen) atoms. The summed E-state index contributed by atoms with van der Waals surface area (Å²) in [5.74, 6) is -3.33. The molecule has 11 heteroatoms. The van der Waals surface area contributed by atoms with Crippen LogP contribution >= 0.6 is 11.6 Å². The maximum absolute atomic E-state index is 13.5. The van der Waals surface area contributed by atoms with Gasteiger partial charge in [-0.3, -0.25) is 9.10 Å². The molecule has 2 rings (SSSR count). The molecule has 0 unspecified atom stereocenters. The van der Waals surface area contributed by atoms with Crippen LogP contribution in [0.2, 0.25) is 5.02 Å². The lowest BCUT2D eigenvalue weighted by Gasteiger charge is -2.22. The van der Waals surface area contributed by atoms with Crippen LogP contribution in [0.4, 0.5) is 20.2 Å². The Balaban J connectivity index is 2.02. The van der Waals surface area contributed by atoms with Crippen molar-refractivity contribution in [1.82, 2.24) is 0 Å². The first-order valence-corrected chi connectivity index (χ1v) is 11.4. The zero-order valence-electron chi connectivity index (χ0n) is 16.8. The second kappa shape index (κ2) is 10.5. The van der Waals surface area contributed by atoms with Gasteiger partial charge in [0, 0.05) is 24.7 Å². The molecular formula is C20H21ClF2N2O5S. The SMILES string of the molecule is CCOC(=O)c1cc(NC(=O)CCCN(c2ccc(F)c(F)c2)S(C)(=O)=O)ccc1Cl. The third-order valence-electron chi connectivity index (χ3n) is 4.10. The van der Waals surface area contributed by atoms with Gasteiger partial charge >= 0.3 is 5.97 Å². The van der Waals surface area contributed by atoms with E-state index in [1.54, 1.807) is 6.92 Å². The summed E-state index contributed by atoms with van der Waals surface area (Å²) in [6.07, 6.45) is 0.974. The van der Waals surface area contributed by atoms with Crippen LogP contribution < -0.4 is 9.62 Å². The smallest absolute Gasteiger partial charge is 0.339 e. The van der Waals surface area contributed by atoms with Crippen LogP contribution in [0.5, 0.6) is 0 Å². The fraction of sp³-hybridized carbons (Fsp3) is 0.300. The fourth-order valence-corrected chi connectivity index (χ4v) is 3.85. The van der Waals surface area contributed by atoms with E-state index in [-0.39, 0.29) is 42.3 Å². The van der Waals surface area contributed by atoms with Gasteiger partial charge in [0.1, 0.15) is 0 Å². The van der Waals surface area contributed by atoms with Gasteiger partial charge in [-0.25, -0.2) is 22.0 Å². The third kappa shape index (κ3) is 6.90. The Bertz CT molecular complexity index is 1080. The molecule has 7 nitrogen and oxygen atoms in total. The lowest BCUT2D eigenvalue weighted by atomic mass is 10.2. The zero-order chi connectivity index (χ0) is 23.2. The second-order valence-electron chi connectivity index (χ2n) is 6.50. The highest BCUT2D eigenvalue weighted by molar-refractivity contribution is 7.92. The number of rotatable bonds is 9. The summed E-state index contributed by atoms with van der Waals surface area (Å²) in [7, 11) is -3.78. The molecule has 0 saturated carbocycles. The Morgan fingerprint density at radius 2 is 1.84 bits per heavy atom. The van der Waals surface area contributed by atoms with Gasteiger partial charge in [-0.15, -0.1) is 0 Å². The number of benzene rings is 2. The molecule has 0 fully saturated rings. The number of hydrogen-bond acceptors (Lipinski definition) is 5. The number of ether oxygens (including phenoxy) is 1. The van der Waals surface area contributed by atoms with Crippen molar-refractivity contribution in [3.8, 4) is 0 Å². The monoisotopic (exact) mass is 474 g/mol. The molecule has 1 amide bonds.